The van der Waals surface area contributed by atoms with E-state index in [0.29, 0.717) is 5.92 Å². The minimum Gasteiger partial charge on any atom is -0.381 e. The molecule has 0 radical (unpaired) electrons. The molecule has 1 saturated carbocycles. The molecule has 0 bridgehead atoms. The highest BCUT2D eigenvalue weighted by molar-refractivity contribution is 5.79. The van der Waals surface area contributed by atoms with Crippen LogP contribution in [-0.2, 0) is 9.53 Å². The number of carbonyl (C=O) groups is 1. The lowest BCUT2D eigenvalue weighted by molar-refractivity contribution is -0.129. The zero-order chi connectivity index (χ0) is 13.9. The zero-order valence-electron chi connectivity index (χ0n) is 12.3. The Morgan fingerprint density at radius 1 is 1.37 bits per heavy atom. The molecule has 1 amide bonds. The fourth-order valence-electron chi connectivity index (χ4n) is 3.29. The Kier molecular flexibility index (Phi) is 4.85. The van der Waals surface area contributed by atoms with E-state index in [2.05, 4.69) is 19.2 Å². The molecule has 0 spiro atoms. The number of hydrogen-bond donors (Lipinski definition) is 2. The number of nitrogens with one attached hydrogen (secondary N) is 1. The van der Waals surface area contributed by atoms with Crippen LogP contribution in [0.3, 0.4) is 0 Å². The summed E-state index contributed by atoms with van der Waals surface area (Å²) >= 11 is 0. The second-order valence-corrected chi connectivity index (χ2v) is 6.64. The first-order valence-corrected chi connectivity index (χ1v) is 7.65. The molecule has 3 unspecified atom stereocenters. The van der Waals surface area contributed by atoms with Crippen LogP contribution < -0.4 is 11.1 Å². The summed E-state index contributed by atoms with van der Waals surface area (Å²) in [5.41, 5.74) is 5.94. The van der Waals surface area contributed by atoms with E-state index in [9.17, 15) is 4.79 Å². The van der Waals surface area contributed by atoms with E-state index in [1.165, 1.54) is 0 Å². The fraction of sp³-hybridized carbons (Fsp3) is 0.933. The minimum absolute atomic E-state index is 0.0750. The number of amides is 1. The Morgan fingerprint density at radius 2 is 2.05 bits per heavy atom. The molecule has 4 nitrogen and oxygen atoms in total. The Balaban J connectivity index is 1.87. The van der Waals surface area contributed by atoms with Crippen LogP contribution in [0.1, 0.15) is 52.4 Å². The van der Waals surface area contributed by atoms with Crippen molar-refractivity contribution in [2.24, 2.45) is 17.6 Å². The van der Waals surface area contributed by atoms with Gasteiger partial charge in [0.2, 0.25) is 5.91 Å². The van der Waals surface area contributed by atoms with Crippen molar-refractivity contribution in [3.63, 3.8) is 0 Å². The van der Waals surface area contributed by atoms with Gasteiger partial charge >= 0.3 is 0 Å². The number of carbonyl (C=O) groups excluding carboxylic acids is 1. The van der Waals surface area contributed by atoms with Crippen molar-refractivity contribution in [1.29, 1.82) is 0 Å². The monoisotopic (exact) mass is 268 g/mol. The molecule has 3 N–H and O–H groups in total. The van der Waals surface area contributed by atoms with Gasteiger partial charge in [0.15, 0.2) is 0 Å². The van der Waals surface area contributed by atoms with Gasteiger partial charge in [-0.05, 0) is 44.9 Å². The molecule has 4 heteroatoms. The Bertz CT molecular complexity index is 313. The first-order chi connectivity index (χ1) is 9.00. The van der Waals surface area contributed by atoms with Crippen molar-refractivity contribution in [2.75, 3.05) is 13.2 Å². The molecule has 2 rings (SSSR count). The van der Waals surface area contributed by atoms with Crippen LogP contribution in [0, 0.1) is 11.8 Å². The molecule has 1 heterocycles. The van der Waals surface area contributed by atoms with Crippen LogP contribution in [0.25, 0.3) is 0 Å². The smallest absolute Gasteiger partial charge is 0.223 e. The number of hydrogen-bond acceptors (Lipinski definition) is 3. The van der Waals surface area contributed by atoms with E-state index >= 15 is 0 Å². The number of ether oxygens (including phenoxy) is 1. The van der Waals surface area contributed by atoms with Crippen LogP contribution in [-0.4, -0.2) is 30.7 Å². The summed E-state index contributed by atoms with van der Waals surface area (Å²) < 4.78 is 5.37. The standard InChI is InChI=1S/C15H28N2O2/c1-11(12-4-3-5-13(16)10-12)14(18)17-15(2)6-8-19-9-7-15/h11-13H,3-10,16H2,1-2H3,(H,17,18). The van der Waals surface area contributed by atoms with Gasteiger partial charge < -0.3 is 15.8 Å². The lowest BCUT2D eigenvalue weighted by atomic mass is 9.78. The highest BCUT2D eigenvalue weighted by atomic mass is 16.5. The molecule has 0 aromatic carbocycles. The summed E-state index contributed by atoms with van der Waals surface area (Å²) in [6.07, 6.45) is 6.23. The van der Waals surface area contributed by atoms with Gasteiger partial charge in [-0.15, -0.1) is 0 Å². The molecule has 0 aromatic heterocycles. The van der Waals surface area contributed by atoms with Crippen molar-refractivity contribution >= 4 is 5.91 Å². The van der Waals surface area contributed by atoms with E-state index in [1.807, 2.05) is 0 Å². The van der Waals surface area contributed by atoms with Gasteiger partial charge in [-0.1, -0.05) is 13.3 Å². The molecule has 19 heavy (non-hydrogen) atoms. The first kappa shape index (κ1) is 14.8. The molecule has 1 aliphatic heterocycles. The van der Waals surface area contributed by atoms with Gasteiger partial charge in [0, 0.05) is 30.7 Å². The highest BCUT2D eigenvalue weighted by Crippen LogP contribution is 2.30. The predicted molar refractivity (Wildman–Crippen MR) is 75.7 cm³/mol. The summed E-state index contributed by atoms with van der Waals surface area (Å²) in [6, 6.07) is 0.285. The van der Waals surface area contributed by atoms with E-state index in [1.54, 1.807) is 0 Å². The maximum absolute atomic E-state index is 12.4. The molecular formula is C15H28N2O2. The van der Waals surface area contributed by atoms with Gasteiger partial charge in [-0.3, -0.25) is 4.79 Å². The largest absolute Gasteiger partial charge is 0.381 e. The van der Waals surface area contributed by atoms with Gasteiger partial charge in [0.05, 0.1) is 0 Å². The number of rotatable bonds is 3. The van der Waals surface area contributed by atoms with Gasteiger partial charge in [-0.2, -0.15) is 0 Å². The van der Waals surface area contributed by atoms with Crippen LogP contribution >= 0.6 is 0 Å². The topological polar surface area (TPSA) is 64.3 Å². The normalized spacial score (nSPS) is 32.6. The maximum atomic E-state index is 12.4. The SMILES string of the molecule is CC(C(=O)NC1(C)CCOCC1)C1CCCC(N)C1. The molecule has 1 aliphatic carbocycles. The third kappa shape index (κ3) is 3.93. The number of nitrogens with two attached hydrogens (primary N) is 1. The van der Waals surface area contributed by atoms with E-state index in [4.69, 9.17) is 10.5 Å². The Labute approximate surface area is 116 Å². The van der Waals surface area contributed by atoms with E-state index < -0.39 is 0 Å². The van der Waals surface area contributed by atoms with E-state index in [0.717, 1.165) is 51.7 Å². The first-order valence-electron chi connectivity index (χ1n) is 7.65. The zero-order valence-corrected chi connectivity index (χ0v) is 12.3. The summed E-state index contributed by atoms with van der Waals surface area (Å²) in [4.78, 5) is 12.4. The second kappa shape index (κ2) is 6.23. The van der Waals surface area contributed by atoms with Gasteiger partial charge in [0.25, 0.3) is 0 Å². The molecule has 1 saturated heterocycles. The lowest BCUT2D eigenvalue weighted by Gasteiger charge is -2.37. The highest BCUT2D eigenvalue weighted by Gasteiger charge is 2.34. The van der Waals surface area contributed by atoms with Crippen LogP contribution in [0.15, 0.2) is 0 Å². The molecule has 0 aromatic rings. The third-order valence-electron chi connectivity index (χ3n) is 4.90. The predicted octanol–water partition coefficient (Wildman–Crippen LogP) is 1.83. The Hall–Kier alpha value is -0.610. The Morgan fingerprint density at radius 3 is 2.68 bits per heavy atom. The van der Waals surface area contributed by atoms with E-state index in [-0.39, 0.29) is 23.4 Å². The lowest BCUT2D eigenvalue weighted by Crippen LogP contribution is -2.52. The quantitative estimate of drug-likeness (QED) is 0.820. The van der Waals surface area contributed by atoms with Crippen molar-refractivity contribution in [2.45, 2.75) is 64.0 Å². The van der Waals surface area contributed by atoms with Gasteiger partial charge in [0.1, 0.15) is 0 Å². The van der Waals surface area contributed by atoms with Gasteiger partial charge in [-0.25, -0.2) is 0 Å². The second-order valence-electron chi connectivity index (χ2n) is 6.64. The van der Waals surface area contributed by atoms with Crippen LogP contribution in [0.2, 0.25) is 0 Å². The minimum atomic E-state index is -0.0830. The third-order valence-corrected chi connectivity index (χ3v) is 4.90. The van der Waals surface area contributed by atoms with Crippen molar-refractivity contribution in [1.82, 2.24) is 5.32 Å². The molecule has 2 aliphatic rings. The molecule has 2 fully saturated rings. The average Bonchev–Trinajstić information content (AvgIpc) is 2.38. The average molecular weight is 268 g/mol. The molecular weight excluding hydrogens is 240 g/mol. The summed E-state index contributed by atoms with van der Waals surface area (Å²) in [6.45, 7) is 5.69. The summed E-state index contributed by atoms with van der Waals surface area (Å²) in [7, 11) is 0. The summed E-state index contributed by atoms with van der Waals surface area (Å²) in [5.74, 6) is 0.724. The molecule has 110 valence electrons. The van der Waals surface area contributed by atoms with Crippen molar-refractivity contribution in [3.8, 4) is 0 Å². The summed E-state index contributed by atoms with van der Waals surface area (Å²) in [5, 5.41) is 3.25. The van der Waals surface area contributed by atoms with Crippen LogP contribution in [0.4, 0.5) is 0 Å². The van der Waals surface area contributed by atoms with Crippen molar-refractivity contribution in [3.05, 3.63) is 0 Å². The van der Waals surface area contributed by atoms with Crippen molar-refractivity contribution < 1.29 is 9.53 Å². The van der Waals surface area contributed by atoms with Crippen LogP contribution in [0.5, 0.6) is 0 Å². The maximum Gasteiger partial charge on any atom is 0.223 e. The fourth-order valence-corrected chi connectivity index (χ4v) is 3.29. The molecule has 3 atom stereocenters.